The number of nitrogens with one attached hydrogen (secondary N) is 3. The normalized spacial score (nSPS) is 14.9. The van der Waals surface area contributed by atoms with Gasteiger partial charge in [-0.25, -0.2) is 24.0 Å². The predicted molar refractivity (Wildman–Crippen MR) is 133 cm³/mol. The number of anilines is 3. The van der Waals surface area contributed by atoms with Crippen LogP contribution < -0.4 is 21.2 Å². The zero-order valence-corrected chi connectivity index (χ0v) is 20.9. The minimum absolute atomic E-state index is 0.0112. The van der Waals surface area contributed by atoms with E-state index in [0.717, 1.165) is 23.8 Å². The Bertz CT molecular complexity index is 1580. The molecular weight excluding hydrogens is 519 g/mol. The first kappa shape index (κ1) is 27.0. The van der Waals surface area contributed by atoms with Crippen molar-refractivity contribution in [2.24, 2.45) is 0 Å². The molecule has 2 amide bonds. The maximum atomic E-state index is 13.5. The van der Waals surface area contributed by atoms with Gasteiger partial charge in [0.25, 0.3) is 0 Å². The number of aromatic nitrogens is 3. The zero-order valence-electron chi connectivity index (χ0n) is 20.9. The van der Waals surface area contributed by atoms with Crippen molar-refractivity contribution in [2.75, 3.05) is 23.9 Å². The Morgan fingerprint density at radius 1 is 1.23 bits per heavy atom. The second-order valence-corrected chi connectivity index (χ2v) is 8.37. The maximum Gasteiger partial charge on any atom is 0.416 e. The SMILES string of the molecule is CCNC(=O)Nc1cc(C#N)ccc1C1C(C(=O)OC)=C(C)N(c2cccc(C(F)(F)F)c2)c2n[nH]c(=O)n21. The number of methoxy groups -OCH3 is 1. The number of alkyl halides is 3. The molecule has 1 aliphatic rings. The first-order chi connectivity index (χ1) is 18.5. The first-order valence-electron chi connectivity index (χ1n) is 11.5. The first-order valence-corrected chi connectivity index (χ1v) is 11.5. The monoisotopic (exact) mass is 541 g/mol. The molecule has 1 atom stereocenters. The van der Waals surface area contributed by atoms with Crippen LogP contribution in [0, 0.1) is 11.3 Å². The number of nitriles is 1. The number of carbonyl (C=O) groups excluding carboxylic acids is 2. The molecule has 202 valence electrons. The number of fused-ring (bicyclic) bond motifs is 1. The van der Waals surface area contributed by atoms with Crippen molar-refractivity contribution >= 4 is 29.3 Å². The molecular formula is C25H22F3N7O4. The van der Waals surface area contributed by atoms with E-state index in [1.807, 2.05) is 6.07 Å². The lowest BCUT2D eigenvalue weighted by Gasteiger charge is -2.36. The summed E-state index contributed by atoms with van der Waals surface area (Å²) < 4.78 is 46.6. The maximum absolute atomic E-state index is 13.5. The van der Waals surface area contributed by atoms with Gasteiger partial charge in [-0.05, 0) is 44.2 Å². The molecule has 1 aliphatic heterocycles. The van der Waals surface area contributed by atoms with E-state index >= 15 is 0 Å². The van der Waals surface area contributed by atoms with Gasteiger partial charge in [-0.3, -0.25) is 4.90 Å². The summed E-state index contributed by atoms with van der Waals surface area (Å²) in [5, 5.41) is 20.9. The molecule has 0 bridgehead atoms. The van der Waals surface area contributed by atoms with Gasteiger partial charge in [-0.15, -0.1) is 5.10 Å². The Balaban J connectivity index is 2.01. The third kappa shape index (κ3) is 4.93. The topological polar surface area (TPSA) is 145 Å². The summed E-state index contributed by atoms with van der Waals surface area (Å²) in [6, 6.07) is 8.74. The predicted octanol–water partition coefficient (Wildman–Crippen LogP) is 3.79. The fourth-order valence-corrected chi connectivity index (χ4v) is 4.38. The number of esters is 1. The van der Waals surface area contributed by atoms with E-state index in [1.54, 1.807) is 6.92 Å². The molecule has 1 aromatic heterocycles. The Morgan fingerprint density at radius 2 is 1.97 bits per heavy atom. The van der Waals surface area contributed by atoms with E-state index in [1.165, 1.54) is 42.2 Å². The van der Waals surface area contributed by atoms with E-state index in [9.17, 15) is 32.8 Å². The van der Waals surface area contributed by atoms with Crippen LogP contribution in [0.2, 0.25) is 0 Å². The Labute approximate surface area is 219 Å². The third-order valence-corrected chi connectivity index (χ3v) is 6.04. The average Bonchev–Trinajstić information content (AvgIpc) is 3.28. The van der Waals surface area contributed by atoms with E-state index < -0.39 is 35.5 Å². The lowest BCUT2D eigenvalue weighted by Crippen LogP contribution is -2.38. The average molecular weight is 541 g/mol. The number of urea groups is 1. The number of allylic oxidation sites excluding steroid dienone is 1. The van der Waals surface area contributed by atoms with Crippen LogP contribution in [0.5, 0.6) is 0 Å². The van der Waals surface area contributed by atoms with Crippen LogP contribution in [0.3, 0.4) is 0 Å². The third-order valence-electron chi connectivity index (χ3n) is 6.04. The number of hydrogen-bond acceptors (Lipinski definition) is 7. The number of aromatic amines is 1. The highest BCUT2D eigenvalue weighted by Gasteiger charge is 2.41. The van der Waals surface area contributed by atoms with Crippen LogP contribution in [0.25, 0.3) is 0 Å². The number of H-pyrrole nitrogens is 1. The number of hydrogen-bond donors (Lipinski definition) is 3. The molecule has 3 N–H and O–H groups in total. The fraction of sp³-hybridized carbons (Fsp3) is 0.240. The van der Waals surface area contributed by atoms with Crippen LogP contribution in [-0.2, 0) is 15.7 Å². The van der Waals surface area contributed by atoms with Gasteiger partial charge >= 0.3 is 23.9 Å². The van der Waals surface area contributed by atoms with Gasteiger partial charge in [0, 0.05) is 29.2 Å². The number of ether oxygens (including phenoxy) is 1. The molecule has 0 saturated carbocycles. The molecule has 3 aromatic rings. The Morgan fingerprint density at radius 3 is 2.62 bits per heavy atom. The van der Waals surface area contributed by atoms with Gasteiger partial charge in [0.15, 0.2) is 0 Å². The van der Waals surface area contributed by atoms with Gasteiger partial charge in [0.1, 0.15) is 6.04 Å². The van der Waals surface area contributed by atoms with Crippen LogP contribution in [-0.4, -0.2) is 40.4 Å². The van der Waals surface area contributed by atoms with E-state index in [-0.39, 0.29) is 39.7 Å². The molecule has 0 radical (unpaired) electrons. The Kier molecular flexibility index (Phi) is 7.17. The number of nitrogens with zero attached hydrogens (tertiary/aromatic N) is 4. The summed E-state index contributed by atoms with van der Waals surface area (Å²) in [5.74, 6) is -0.982. The summed E-state index contributed by atoms with van der Waals surface area (Å²) >= 11 is 0. The second-order valence-electron chi connectivity index (χ2n) is 8.37. The summed E-state index contributed by atoms with van der Waals surface area (Å²) in [7, 11) is 1.12. The van der Waals surface area contributed by atoms with Crippen molar-refractivity contribution < 1.29 is 27.5 Å². The second kappa shape index (κ2) is 10.4. The molecule has 0 aliphatic carbocycles. The smallest absolute Gasteiger partial charge is 0.416 e. The van der Waals surface area contributed by atoms with E-state index in [4.69, 9.17) is 4.74 Å². The van der Waals surface area contributed by atoms with Gasteiger partial charge in [0.05, 0.1) is 29.9 Å². The van der Waals surface area contributed by atoms with Gasteiger partial charge in [0.2, 0.25) is 5.95 Å². The summed E-state index contributed by atoms with van der Waals surface area (Å²) in [6.07, 6.45) is -4.65. The molecule has 11 nitrogen and oxygen atoms in total. The van der Waals surface area contributed by atoms with Crippen molar-refractivity contribution in [1.29, 1.82) is 5.26 Å². The van der Waals surface area contributed by atoms with Crippen LogP contribution in [0.4, 0.5) is 35.3 Å². The summed E-state index contributed by atoms with van der Waals surface area (Å²) in [5.41, 5.74) is -1.18. The molecule has 14 heteroatoms. The van der Waals surface area contributed by atoms with Gasteiger partial charge in [-0.1, -0.05) is 12.1 Å². The molecule has 39 heavy (non-hydrogen) atoms. The zero-order chi connectivity index (χ0) is 28.5. The van der Waals surface area contributed by atoms with Crippen molar-refractivity contribution in [2.45, 2.75) is 26.1 Å². The van der Waals surface area contributed by atoms with Crippen molar-refractivity contribution in [3.8, 4) is 6.07 Å². The van der Waals surface area contributed by atoms with Crippen molar-refractivity contribution in [1.82, 2.24) is 20.1 Å². The van der Waals surface area contributed by atoms with Gasteiger partial charge < -0.3 is 15.4 Å². The van der Waals surface area contributed by atoms with Crippen molar-refractivity contribution in [3.05, 3.63) is 80.9 Å². The highest BCUT2D eigenvalue weighted by Crippen LogP contribution is 2.44. The molecule has 0 saturated heterocycles. The van der Waals surface area contributed by atoms with Crippen LogP contribution in [0.1, 0.15) is 36.6 Å². The summed E-state index contributed by atoms with van der Waals surface area (Å²) in [6.45, 7) is 3.48. The standard InChI is InChI=1S/C25H22F3N7O4/c1-4-30-22(37)31-18-10-14(12-29)8-9-17(18)20-19(21(36)39-3)13(2)34(23-32-33-24(38)35(20)23)16-7-5-6-15(11-16)25(26,27)28/h5-11,20H,4H2,1-3H3,(H,33,38)(H2,30,31,37). The minimum atomic E-state index is -4.65. The summed E-state index contributed by atoms with van der Waals surface area (Å²) in [4.78, 5) is 39.9. The van der Waals surface area contributed by atoms with E-state index in [2.05, 4.69) is 20.8 Å². The Hall–Kier alpha value is -5.06. The molecule has 0 fully saturated rings. The number of halogens is 3. The van der Waals surface area contributed by atoms with Crippen LogP contribution >= 0.6 is 0 Å². The fourth-order valence-electron chi connectivity index (χ4n) is 4.38. The van der Waals surface area contributed by atoms with Crippen molar-refractivity contribution in [3.63, 3.8) is 0 Å². The highest BCUT2D eigenvalue weighted by atomic mass is 19.4. The molecule has 1 unspecified atom stereocenters. The largest absolute Gasteiger partial charge is 0.466 e. The number of rotatable bonds is 5. The molecule has 2 aromatic carbocycles. The highest BCUT2D eigenvalue weighted by molar-refractivity contribution is 5.95. The number of carbonyl (C=O) groups is 2. The molecule has 2 heterocycles. The lowest BCUT2D eigenvalue weighted by atomic mass is 9.92. The molecule has 0 spiro atoms. The number of amides is 2. The quantitative estimate of drug-likeness (QED) is 0.417. The van der Waals surface area contributed by atoms with Gasteiger partial charge in [-0.2, -0.15) is 18.4 Å². The molecule has 4 rings (SSSR count). The number of benzene rings is 2. The minimum Gasteiger partial charge on any atom is -0.466 e. The lowest BCUT2D eigenvalue weighted by molar-refractivity contribution is -0.138. The van der Waals surface area contributed by atoms with E-state index in [0.29, 0.717) is 6.54 Å². The van der Waals surface area contributed by atoms with Crippen LogP contribution in [0.15, 0.2) is 58.5 Å².